The Balaban J connectivity index is 1.94. The molecule has 6 nitrogen and oxygen atoms in total. The van der Waals surface area contributed by atoms with Gasteiger partial charge in [0.2, 0.25) is 5.91 Å². The predicted molar refractivity (Wildman–Crippen MR) is 114 cm³/mol. The van der Waals surface area contributed by atoms with E-state index in [1.165, 1.54) is 37.4 Å². The number of anilines is 2. The fourth-order valence-corrected chi connectivity index (χ4v) is 4.27. The summed E-state index contributed by atoms with van der Waals surface area (Å²) in [6.07, 6.45) is 0. The zero-order valence-electron chi connectivity index (χ0n) is 16.5. The Kier molecular flexibility index (Phi) is 6.37. The highest BCUT2D eigenvalue weighted by Gasteiger charge is 2.27. The summed E-state index contributed by atoms with van der Waals surface area (Å²) in [4.78, 5) is 12.7. The molecule has 0 bridgehead atoms. The maximum atomic E-state index is 13.5. The topological polar surface area (TPSA) is 75.7 Å². The molecule has 0 aromatic heterocycles. The molecule has 0 heterocycles. The van der Waals surface area contributed by atoms with Crippen LogP contribution < -0.4 is 14.4 Å². The van der Waals surface area contributed by atoms with Crippen molar-refractivity contribution in [2.45, 2.75) is 11.8 Å². The molecule has 0 atom stereocenters. The predicted octanol–water partition coefficient (Wildman–Crippen LogP) is 3.98. The number of methoxy groups -OCH3 is 1. The highest BCUT2D eigenvalue weighted by molar-refractivity contribution is 7.92. The molecular formula is C22H21FN2O4S. The first-order valence-electron chi connectivity index (χ1n) is 9.09. The van der Waals surface area contributed by atoms with Gasteiger partial charge >= 0.3 is 0 Å². The first kappa shape index (κ1) is 21.3. The van der Waals surface area contributed by atoms with Crippen LogP contribution in [0.25, 0.3) is 0 Å². The highest BCUT2D eigenvalue weighted by Crippen LogP contribution is 2.26. The summed E-state index contributed by atoms with van der Waals surface area (Å²) < 4.78 is 46.2. The summed E-state index contributed by atoms with van der Waals surface area (Å²) in [7, 11) is -2.52. The van der Waals surface area contributed by atoms with Gasteiger partial charge in [-0.3, -0.25) is 9.10 Å². The first-order valence-corrected chi connectivity index (χ1v) is 10.5. The summed E-state index contributed by atoms with van der Waals surface area (Å²) in [6.45, 7) is 1.23. The molecule has 0 spiro atoms. The van der Waals surface area contributed by atoms with Gasteiger partial charge in [-0.25, -0.2) is 12.8 Å². The standard InChI is InChI=1S/C22H21FN2O4S/c1-16-8-9-17(23)14-21(16)24-22(26)15-25(18-10-12-19(29-2)13-11-18)30(27,28)20-6-4-3-5-7-20/h3-14H,15H2,1-2H3,(H,24,26). The van der Waals surface area contributed by atoms with E-state index < -0.39 is 28.3 Å². The molecule has 3 aromatic rings. The molecule has 30 heavy (non-hydrogen) atoms. The number of hydrogen-bond donors (Lipinski definition) is 1. The number of carbonyl (C=O) groups excluding carboxylic acids is 1. The first-order chi connectivity index (χ1) is 14.3. The van der Waals surface area contributed by atoms with Crippen LogP contribution in [0.2, 0.25) is 0 Å². The smallest absolute Gasteiger partial charge is 0.264 e. The van der Waals surface area contributed by atoms with E-state index in [4.69, 9.17) is 4.74 Å². The second-order valence-corrected chi connectivity index (χ2v) is 8.39. The summed E-state index contributed by atoms with van der Waals surface area (Å²) in [5.41, 5.74) is 1.24. The number of nitrogens with zero attached hydrogens (tertiary/aromatic N) is 1. The number of nitrogens with one attached hydrogen (secondary N) is 1. The van der Waals surface area contributed by atoms with Crippen LogP contribution >= 0.6 is 0 Å². The van der Waals surface area contributed by atoms with Crippen LogP contribution in [0.1, 0.15) is 5.56 Å². The molecule has 0 fully saturated rings. The van der Waals surface area contributed by atoms with Crippen molar-refractivity contribution in [2.75, 3.05) is 23.3 Å². The molecule has 0 aliphatic rings. The van der Waals surface area contributed by atoms with Gasteiger partial charge in [0.25, 0.3) is 10.0 Å². The summed E-state index contributed by atoms with van der Waals surface area (Å²) in [6, 6.07) is 18.2. The fraction of sp³-hybridized carbons (Fsp3) is 0.136. The van der Waals surface area contributed by atoms with E-state index in [0.717, 1.165) is 4.31 Å². The van der Waals surface area contributed by atoms with Crippen LogP contribution in [0.3, 0.4) is 0 Å². The van der Waals surface area contributed by atoms with Crippen molar-refractivity contribution in [3.05, 3.63) is 84.2 Å². The maximum absolute atomic E-state index is 13.5. The second-order valence-electron chi connectivity index (χ2n) is 6.53. The van der Waals surface area contributed by atoms with Gasteiger partial charge in [-0.1, -0.05) is 24.3 Å². The molecule has 0 saturated carbocycles. The average molecular weight is 428 g/mol. The number of rotatable bonds is 7. The zero-order valence-corrected chi connectivity index (χ0v) is 17.3. The van der Waals surface area contributed by atoms with Crippen molar-refractivity contribution in [1.82, 2.24) is 0 Å². The monoisotopic (exact) mass is 428 g/mol. The summed E-state index contributed by atoms with van der Waals surface area (Å²) >= 11 is 0. The van der Waals surface area contributed by atoms with Crippen LogP contribution in [0.5, 0.6) is 5.75 Å². The van der Waals surface area contributed by atoms with Crippen LogP contribution in [0, 0.1) is 12.7 Å². The Morgan fingerprint density at radius 1 is 1.03 bits per heavy atom. The van der Waals surface area contributed by atoms with Gasteiger partial charge in [-0.2, -0.15) is 0 Å². The quantitative estimate of drug-likeness (QED) is 0.618. The van der Waals surface area contributed by atoms with Crippen molar-refractivity contribution in [1.29, 1.82) is 0 Å². The van der Waals surface area contributed by atoms with E-state index in [2.05, 4.69) is 5.32 Å². The third-order valence-electron chi connectivity index (χ3n) is 4.45. The lowest BCUT2D eigenvalue weighted by Gasteiger charge is -2.24. The van der Waals surface area contributed by atoms with E-state index in [1.54, 1.807) is 49.4 Å². The summed E-state index contributed by atoms with van der Waals surface area (Å²) in [5.74, 6) is -0.547. The van der Waals surface area contributed by atoms with Gasteiger partial charge < -0.3 is 10.1 Å². The lowest BCUT2D eigenvalue weighted by molar-refractivity contribution is -0.114. The number of sulfonamides is 1. The normalized spacial score (nSPS) is 11.0. The second kappa shape index (κ2) is 8.96. The highest BCUT2D eigenvalue weighted by atomic mass is 32.2. The molecule has 8 heteroatoms. The number of amides is 1. The SMILES string of the molecule is COc1ccc(N(CC(=O)Nc2cc(F)ccc2C)S(=O)(=O)c2ccccc2)cc1. The lowest BCUT2D eigenvalue weighted by atomic mass is 10.2. The number of benzene rings is 3. The molecule has 3 aromatic carbocycles. The van der Waals surface area contributed by atoms with Crippen molar-refractivity contribution < 1.29 is 22.3 Å². The fourth-order valence-electron chi connectivity index (χ4n) is 2.83. The van der Waals surface area contributed by atoms with E-state index in [9.17, 15) is 17.6 Å². The lowest BCUT2D eigenvalue weighted by Crippen LogP contribution is -2.38. The zero-order chi connectivity index (χ0) is 21.7. The van der Waals surface area contributed by atoms with Crippen molar-refractivity contribution in [3.63, 3.8) is 0 Å². The molecule has 0 unspecified atom stereocenters. The van der Waals surface area contributed by atoms with Crippen molar-refractivity contribution >= 4 is 27.3 Å². The van der Waals surface area contributed by atoms with Crippen LogP contribution in [0.15, 0.2) is 77.7 Å². The minimum absolute atomic E-state index is 0.0514. The number of hydrogen-bond acceptors (Lipinski definition) is 4. The molecule has 0 aliphatic heterocycles. The maximum Gasteiger partial charge on any atom is 0.264 e. The Morgan fingerprint density at radius 3 is 2.33 bits per heavy atom. The molecule has 156 valence electrons. The van der Waals surface area contributed by atoms with Gasteiger partial charge in [0, 0.05) is 5.69 Å². The minimum atomic E-state index is -4.02. The third-order valence-corrected chi connectivity index (χ3v) is 6.24. The van der Waals surface area contributed by atoms with Crippen LogP contribution in [0.4, 0.5) is 15.8 Å². The number of carbonyl (C=O) groups is 1. The Bertz CT molecular complexity index is 1130. The van der Waals surface area contributed by atoms with E-state index in [-0.39, 0.29) is 10.6 Å². The van der Waals surface area contributed by atoms with Crippen LogP contribution in [-0.2, 0) is 14.8 Å². The van der Waals surface area contributed by atoms with Gasteiger partial charge in [0.15, 0.2) is 0 Å². The molecule has 0 saturated heterocycles. The largest absolute Gasteiger partial charge is 0.497 e. The Labute approximate surface area is 175 Å². The van der Waals surface area contributed by atoms with E-state index in [0.29, 0.717) is 17.0 Å². The molecule has 1 amide bonds. The van der Waals surface area contributed by atoms with Gasteiger partial charge in [-0.05, 0) is 61.0 Å². The molecular weight excluding hydrogens is 407 g/mol. The van der Waals surface area contributed by atoms with Crippen molar-refractivity contribution in [3.8, 4) is 5.75 Å². The number of halogens is 1. The Morgan fingerprint density at radius 2 is 1.70 bits per heavy atom. The van der Waals surface area contributed by atoms with Gasteiger partial charge in [0.05, 0.1) is 17.7 Å². The third kappa shape index (κ3) is 4.77. The average Bonchev–Trinajstić information content (AvgIpc) is 2.75. The Hall–Kier alpha value is -3.39. The van der Waals surface area contributed by atoms with Crippen molar-refractivity contribution in [2.24, 2.45) is 0 Å². The molecule has 3 rings (SSSR count). The van der Waals surface area contributed by atoms with E-state index in [1.807, 2.05) is 0 Å². The van der Waals surface area contributed by atoms with Gasteiger partial charge in [-0.15, -0.1) is 0 Å². The summed E-state index contributed by atoms with van der Waals surface area (Å²) in [5, 5.41) is 2.59. The molecule has 1 N–H and O–H groups in total. The number of aryl methyl sites for hydroxylation is 1. The van der Waals surface area contributed by atoms with Crippen LogP contribution in [-0.4, -0.2) is 28.0 Å². The molecule has 0 aliphatic carbocycles. The number of ether oxygens (including phenoxy) is 1. The van der Waals surface area contributed by atoms with E-state index >= 15 is 0 Å². The minimum Gasteiger partial charge on any atom is -0.497 e. The molecule has 0 radical (unpaired) electrons. The van der Waals surface area contributed by atoms with Gasteiger partial charge in [0.1, 0.15) is 18.1 Å².